The molecule has 0 N–H and O–H groups in total. The quantitative estimate of drug-likeness (QED) is 0.206. The van der Waals surface area contributed by atoms with E-state index in [1.807, 2.05) is 36.4 Å². The predicted octanol–water partition coefficient (Wildman–Crippen LogP) is 5.66. The monoisotopic (exact) mass is 411 g/mol. The first kappa shape index (κ1) is 19.7. The van der Waals surface area contributed by atoms with Crippen LogP contribution in [0.4, 0.5) is 16.5 Å². The van der Waals surface area contributed by atoms with Crippen LogP contribution in [-0.4, -0.2) is 24.5 Å². The highest BCUT2D eigenvalue weighted by molar-refractivity contribution is 7.29. The Kier molecular flexibility index (Phi) is 6.47. The fraction of sp³-hybridized carbons (Fsp3) is 0.211. The number of rotatable bonds is 8. The van der Waals surface area contributed by atoms with Crippen molar-refractivity contribution < 1.29 is 9.53 Å². The number of ether oxygens (including phenoxy) is 1. The highest BCUT2D eigenvalue weighted by atomic mass is 32.1. The smallest absolute Gasteiger partial charge is 0.299 e. The minimum Gasteiger partial charge on any atom is -0.417 e. The van der Waals surface area contributed by atoms with Gasteiger partial charge in [0.15, 0.2) is 0 Å². The molecule has 0 fully saturated rings. The van der Waals surface area contributed by atoms with E-state index >= 15 is 0 Å². The van der Waals surface area contributed by atoms with Gasteiger partial charge in [-0.3, -0.25) is 4.79 Å². The fourth-order valence-electron chi connectivity index (χ4n) is 2.55. The van der Waals surface area contributed by atoms with Crippen LogP contribution in [-0.2, 0) is 9.53 Å². The van der Waals surface area contributed by atoms with Gasteiger partial charge >= 0.3 is 0 Å². The van der Waals surface area contributed by atoms with Gasteiger partial charge in [-0.15, -0.1) is 21.6 Å². The number of nitrogens with zero attached hydrogens (tertiary/aromatic N) is 5. The highest BCUT2D eigenvalue weighted by Crippen LogP contribution is 2.35. The van der Waals surface area contributed by atoms with E-state index < -0.39 is 0 Å². The molecule has 0 saturated heterocycles. The number of azo groups is 1. The molecule has 0 spiro atoms. The van der Waals surface area contributed by atoms with Crippen molar-refractivity contribution in [2.75, 3.05) is 18.0 Å². The third-order valence-electron chi connectivity index (χ3n) is 3.89. The van der Waals surface area contributed by atoms with Crippen LogP contribution in [0.2, 0.25) is 0 Å². The maximum Gasteiger partial charge on any atom is 0.299 e. The van der Waals surface area contributed by atoms with Crippen LogP contribution in [0.5, 0.6) is 0 Å². The summed E-state index contributed by atoms with van der Waals surface area (Å²) < 4.78 is 5.52. The summed E-state index contributed by atoms with van der Waals surface area (Å²) in [5.74, 6) is -0.0584. The van der Waals surface area contributed by atoms with Crippen molar-refractivity contribution in [3.05, 3.63) is 41.0 Å². The van der Waals surface area contributed by atoms with Crippen molar-refractivity contribution in [2.45, 2.75) is 13.8 Å². The predicted molar refractivity (Wildman–Crippen MR) is 112 cm³/mol. The molecule has 0 radical (unpaired) electrons. The zero-order chi connectivity index (χ0) is 19.9. The molecule has 0 bridgehead atoms. The number of aromatic nitrogens is 1. The molecule has 9 heteroatoms. The highest BCUT2D eigenvalue weighted by Gasteiger charge is 2.09. The van der Waals surface area contributed by atoms with Gasteiger partial charge in [0.05, 0.1) is 10.4 Å². The molecule has 2 heterocycles. The van der Waals surface area contributed by atoms with Gasteiger partial charge in [-0.25, -0.2) is 4.98 Å². The second-order valence-electron chi connectivity index (χ2n) is 5.54. The molecule has 7 nitrogen and oxygen atoms in total. The van der Waals surface area contributed by atoms with Crippen molar-refractivity contribution in [1.29, 1.82) is 5.26 Å². The lowest BCUT2D eigenvalue weighted by molar-refractivity contribution is -0.124. The second-order valence-corrected chi connectivity index (χ2v) is 7.61. The molecule has 0 atom stereocenters. The molecule has 0 aliphatic carbocycles. The Hall–Kier alpha value is -3.09. The lowest BCUT2D eigenvalue weighted by atomic mass is 10.2. The SMILES string of the molecule is CCN(CC)c1ccc(N=Nc2nc3sc(/C=C(\C#N)OC=O)cc3s2)cc1. The summed E-state index contributed by atoms with van der Waals surface area (Å²) in [6.45, 7) is 6.41. The molecular weight excluding hydrogens is 394 g/mol. The molecule has 3 rings (SSSR count). The lowest BCUT2D eigenvalue weighted by Gasteiger charge is -2.20. The van der Waals surface area contributed by atoms with E-state index in [0.29, 0.717) is 5.13 Å². The van der Waals surface area contributed by atoms with Gasteiger partial charge in [0.2, 0.25) is 10.9 Å². The van der Waals surface area contributed by atoms with Gasteiger partial charge in [-0.05, 0) is 44.2 Å². The van der Waals surface area contributed by atoms with E-state index in [2.05, 4.69) is 38.7 Å². The maximum atomic E-state index is 10.4. The number of fused-ring (bicyclic) bond motifs is 1. The zero-order valence-electron chi connectivity index (χ0n) is 15.3. The van der Waals surface area contributed by atoms with E-state index in [4.69, 9.17) is 5.26 Å². The normalized spacial score (nSPS) is 11.7. The lowest BCUT2D eigenvalue weighted by Crippen LogP contribution is -2.21. The molecule has 0 aliphatic heterocycles. The minimum atomic E-state index is -0.0584. The number of carbonyl (C=O) groups excluding carboxylic acids is 1. The van der Waals surface area contributed by atoms with Crippen LogP contribution in [0.3, 0.4) is 0 Å². The molecule has 0 aliphatic rings. The number of thiazole rings is 1. The number of hydrogen-bond acceptors (Lipinski definition) is 9. The van der Waals surface area contributed by atoms with Crippen LogP contribution >= 0.6 is 22.7 Å². The Morgan fingerprint density at radius 1 is 1.25 bits per heavy atom. The number of hydrogen-bond donors (Lipinski definition) is 0. The van der Waals surface area contributed by atoms with Gasteiger partial charge in [0.1, 0.15) is 10.9 Å². The molecular formula is C19H17N5O2S2. The largest absolute Gasteiger partial charge is 0.417 e. The molecule has 28 heavy (non-hydrogen) atoms. The van der Waals surface area contributed by atoms with Crippen molar-refractivity contribution in [1.82, 2.24) is 4.98 Å². The first-order chi connectivity index (χ1) is 13.7. The minimum absolute atomic E-state index is 0.0584. The average molecular weight is 412 g/mol. The topological polar surface area (TPSA) is 90.9 Å². The second kappa shape index (κ2) is 9.21. The van der Waals surface area contributed by atoms with Gasteiger partial charge in [0, 0.05) is 29.7 Å². The molecule has 3 aromatic rings. The van der Waals surface area contributed by atoms with Crippen LogP contribution in [0.15, 0.2) is 46.3 Å². The first-order valence-corrected chi connectivity index (χ1v) is 10.2. The fourth-order valence-corrected chi connectivity index (χ4v) is 4.52. The Balaban J connectivity index is 1.73. The molecule has 0 saturated carbocycles. The van der Waals surface area contributed by atoms with Crippen molar-refractivity contribution in [3.63, 3.8) is 0 Å². The summed E-state index contributed by atoms with van der Waals surface area (Å²) >= 11 is 2.80. The third kappa shape index (κ3) is 4.60. The van der Waals surface area contributed by atoms with E-state index in [0.717, 1.165) is 38.9 Å². The van der Waals surface area contributed by atoms with Crippen LogP contribution in [0.25, 0.3) is 15.6 Å². The van der Waals surface area contributed by atoms with Crippen molar-refractivity contribution in [2.24, 2.45) is 10.2 Å². The molecule has 0 unspecified atom stereocenters. The Labute approximate surface area is 170 Å². The van der Waals surface area contributed by atoms with E-state index in [1.54, 1.807) is 0 Å². The number of allylic oxidation sites excluding steroid dienone is 1. The van der Waals surface area contributed by atoms with E-state index in [1.165, 1.54) is 28.7 Å². The van der Waals surface area contributed by atoms with Gasteiger partial charge in [0.25, 0.3) is 6.47 Å². The molecule has 0 amide bonds. The summed E-state index contributed by atoms with van der Waals surface area (Å²) in [5.41, 5.74) is 1.93. The molecule has 2 aromatic heterocycles. The Morgan fingerprint density at radius 2 is 2.00 bits per heavy atom. The first-order valence-electron chi connectivity index (χ1n) is 8.56. The summed E-state index contributed by atoms with van der Waals surface area (Å²) in [6.07, 6.45) is 1.51. The zero-order valence-corrected chi connectivity index (χ0v) is 17.0. The number of nitriles is 1. The van der Waals surface area contributed by atoms with Crippen molar-refractivity contribution in [3.8, 4) is 6.07 Å². The summed E-state index contributed by atoms with van der Waals surface area (Å²) in [6, 6.07) is 11.6. The summed E-state index contributed by atoms with van der Waals surface area (Å²) in [5, 5.41) is 17.9. The van der Waals surface area contributed by atoms with Gasteiger partial charge in [-0.1, -0.05) is 11.3 Å². The Morgan fingerprint density at radius 3 is 2.61 bits per heavy atom. The van der Waals surface area contributed by atoms with Gasteiger partial charge in [-0.2, -0.15) is 5.26 Å². The summed E-state index contributed by atoms with van der Waals surface area (Å²) in [4.78, 5) is 18.6. The van der Waals surface area contributed by atoms with Gasteiger partial charge < -0.3 is 9.64 Å². The molecule has 1 aromatic carbocycles. The Bertz CT molecular complexity index is 1020. The van der Waals surface area contributed by atoms with Crippen LogP contribution in [0, 0.1) is 11.3 Å². The number of anilines is 1. The maximum absolute atomic E-state index is 10.4. The number of thiophene rings is 1. The average Bonchev–Trinajstić information content (AvgIpc) is 3.26. The van der Waals surface area contributed by atoms with Crippen molar-refractivity contribution >= 4 is 61.3 Å². The number of benzene rings is 1. The van der Waals surface area contributed by atoms with E-state index in [-0.39, 0.29) is 12.2 Å². The number of carbonyl (C=O) groups is 1. The van der Waals surface area contributed by atoms with Crippen LogP contribution in [0.1, 0.15) is 18.7 Å². The molecule has 142 valence electrons. The van der Waals surface area contributed by atoms with E-state index in [9.17, 15) is 4.79 Å². The summed E-state index contributed by atoms with van der Waals surface area (Å²) in [7, 11) is 0. The van der Waals surface area contributed by atoms with Crippen LogP contribution < -0.4 is 4.90 Å². The third-order valence-corrected chi connectivity index (χ3v) is 5.88. The standard InChI is InChI=1S/C19H17N5O2S2/c1-3-24(4-2)14-7-5-13(6-8-14)22-23-19-21-18-17(28-19)10-16(27-18)9-15(11-20)26-12-25/h5-10,12H,3-4H2,1-2H3/b15-9+,23-22?.